The van der Waals surface area contributed by atoms with Crippen LogP contribution in [0.15, 0.2) is 24.4 Å². The lowest BCUT2D eigenvalue weighted by atomic mass is 10.2. The van der Waals surface area contributed by atoms with Gasteiger partial charge in [-0.1, -0.05) is 6.07 Å². The molecule has 4 heteroatoms. The molecule has 0 amide bonds. The fourth-order valence-electron chi connectivity index (χ4n) is 1.76. The predicted molar refractivity (Wildman–Crippen MR) is 52.9 cm³/mol. The van der Waals surface area contributed by atoms with Crippen LogP contribution in [0.2, 0.25) is 0 Å². The van der Waals surface area contributed by atoms with E-state index in [0.29, 0.717) is 12.3 Å². The number of aromatic nitrogens is 1. The van der Waals surface area contributed by atoms with Crippen LogP contribution < -0.4 is 4.73 Å². The fourth-order valence-corrected chi connectivity index (χ4v) is 1.76. The molecule has 1 aromatic heterocycles. The zero-order chi connectivity index (χ0) is 10.8. The van der Waals surface area contributed by atoms with Crippen molar-refractivity contribution in [1.29, 1.82) is 0 Å². The van der Waals surface area contributed by atoms with E-state index in [1.165, 1.54) is 6.20 Å². The molecular weight excluding hydrogens is 194 g/mol. The van der Waals surface area contributed by atoms with Gasteiger partial charge in [0.2, 0.25) is 0 Å². The number of carbonyl (C=O) groups is 1. The Labute approximate surface area is 88.1 Å². The molecule has 0 radical (unpaired) electrons. The van der Waals surface area contributed by atoms with Gasteiger partial charge in [-0.2, -0.15) is 4.73 Å². The van der Waals surface area contributed by atoms with Gasteiger partial charge >= 0.3 is 5.97 Å². The van der Waals surface area contributed by atoms with Crippen molar-refractivity contribution < 1.29 is 14.3 Å². The number of carbonyl (C=O) groups excluding carboxylic acids is 1. The Morgan fingerprint density at radius 3 is 3.13 bits per heavy atom. The number of pyridine rings is 1. The molecule has 0 bridgehead atoms. The summed E-state index contributed by atoms with van der Waals surface area (Å²) in [5.74, 6) is -0.262. The maximum atomic E-state index is 11.4. The summed E-state index contributed by atoms with van der Waals surface area (Å²) in [6.45, 7) is 2.18. The largest absolute Gasteiger partial charge is 0.618 e. The minimum atomic E-state index is -0.189. The number of hydrogen-bond acceptors (Lipinski definition) is 3. The van der Waals surface area contributed by atoms with Gasteiger partial charge in [-0.25, -0.2) is 0 Å². The third-order valence-electron chi connectivity index (χ3n) is 2.61. The van der Waals surface area contributed by atoms with Crippen LogP contribution in [-0.2, 0) is 9.53 Å². The van der Waals surface area contributed by atoms with Gasteiger partial charge in [0.15, 0.2) is 11.9 Å². The summed E-state index contributed by atoms with van der Waals surface area (Å²) in [7, 11) is 0. The van der Waals surface area contributed by atoms with Gasteiger partial charge in [0.25, 0.3) is 0 Å². The Morgan fingerprint density at radius 2 is 2.47 bits per heavy atom. The van der Waals surface area contributed by atoms with Crippen molar-refractivity contribution in [1.82, 2.24) is 0 Å². The van der Waals surface area contributed by atoms with Crippen molar-refractivity contribution in [3.05, 3.63) is 35.3 Å². The third-order valence-corrected chi connectivity index (χ3v) is 2.61. The van der Waals surface area contributed by atoms with E-state index in [-0.39, 0.29) is 17.8 Å². The Hall–Kier alpha value is -1.58. The number of hydrogen-bond donors (Lipinski definition) is 0. The zero-order valence-electron chi connectivity index (χ0n) is 8.55. The third kappa shape index (κ3) is 1.93. The van der Waals surface area contributed by atoms with Crippen LogP contribution >= 0.6 is 0 Å². The molecule has 1 saturated carbocycles. The maximum absolute atomic E-state index is 11.4. The summed E-state index contributed by atoms with van der Waals surface area (Å²) in [6.07, 6.45) is 2.18. The van der Waals surface area contributed by atoms with E-state index < -0.39 is 0 Å². The predicted octanol–water partition coefficient (Wildman–Crippen LogP) is 0.987. The quantitative estimate of drug-likeness (QED) is 0.422. The number of ether oxygens (including phenoxy) is 1. The van der Waals surface area contributed by atoms with Gasteiger partial charge in [-0.05, 0) is 13.3 Å². The molecule has 15 heavy (non-hydrogen) atoms. The summed E-state index contributed by atoms with van der Waals surface area (Å²) >= 11 is 0. The van der Waals surface area contributed by atoms with Crippen LogP contribution in [0.3, 0.4) is 0 Å². The highest BCUT2D eigenvalue weighted by atomic mass is 16.5. The van der Waals surface area contributed by atoms with E-state index in [1.54, 1.807) is 19.1 Å². The number of esters is 1. The van der Waals surface area contributed by atoms with Crippen LogP contribution in [0.25, 0.3) is 0 Å². The molecule has 1 aromatic rings. The van der Waals surface area contributed by atoms with Crippen molar-refractivity contribution in [2.45, 2.75) is 19.3 Å². The van der Waals surface area contributed by atoms with Crippen molar-refractivity contribution >= 4 is 5.97 Å². The second-order valence-corrected chi connectivity index (χ2v) is 3.65. The van der Waals surface area contributed by atoms with Gasteiger partial charge in [0, 0.05) is 12.1 Å². The smallest absolute Gasteiger partial charge is 0.309 e. The van der Waals surface area contributed by atoms with E-state index in [2.05, 4.69) is 0 Å². The average Bonchev–Trinajstić information content (AvgIpc) is 2.98. The summed E-state index contributed by atoms with van der Waals surface area (Å²) in [4.78, 5) is 11.4. The molecule has 2 atom stereocenters. The van der Waals surface area contributed by atoms with E-state index in [9.17, 15) is 10.0 Å². The van der Waals surface area contributed by atoms with E-state index >= 15 is 0 Å². The van der Waals surface area contributed by atoms with Gasteiger partial charge in [-0.15, -0.1) is 0 Å². The molecule has 0 spiro atoms. The molecular formula is C11H13NO3. The summed E-state index contributed by atoms with van der Waals surface area (Å²) in [5.41, 5.74) is 0.663. The first-order valence-corrected chi connectivity index (χ1v) is 5.08. The Balaban J connectivity index is 2.05. The molecule has 0 saturated heterocycles. The normalized spacial score (nSPS) is 23.5. The molecule has 1 fully saturated rings. The summed E-state index contributed by atoms with van der Waals surface area (Å²) < 4.78 is 5.73. The molecule has 0 N–H and O–H groups in total. The van der Waals surface area contributed by atoms with Gasteiger partial charge < -0.3 is 9.94 Å². The molecule has 0 unspecified atom stereocenters. The monoisotopic (exact) mass is 207 g/mol. The summed E-state index contributed by atoms with van der Waals surface area (Å²) in [5, 5.41) is 11.4. The first-order valence-electron chi connectivity index (χ1n) is 5.08. The van der Waals surface area contributed by atoms with Crippen LogP contribution in [0.1, 0.15) is 25.0 Å². The van der Waals surface area contributed by atoms with Crippen molar-refractivity contribution in [3.63, 3.8) is 0 Å². The van der Waals surface area contributed by atoms with Crippen molar-refractivity contribution in [2.24, 2.45) is 5.92 Å². The Bertz CT molecular complexity index is 378. The second-order valence-electron chi connectivity index (χ2n) is 3.65. The summed E-state index contributed by atoms with van der Waals surface area (Å²) in [6, 6.07) is 5.25. The molecule has 1 aliphatic rings. The van der Waals surface area contributed by atoms with Crippen LogP contribution in [0, 0.1) is 11.1 Å². The second kappa shape index (κ2) is 3.88. The standard InChI is InChI=1S/C11H13NO3/c1-2-15-11(13)9-7-8(9)10-5-3-4-6-12(10)14/h3-6,8-9H,2,7H2,1H3/t8-,9+/m0/s1. The van der Waals surface area contributed by atoms with Gasteiger partial charge in [-0.3, -0.25) is 4.79 Å². The number of rotatable bonds is 3. The van der Waals surface area contributed by atoms with Gasteiger partial charge in [0.1, 0.15) is 0 Å². The lowest BCUT2D eigenvalue weighted by Gasteiger charge is -2.03. The molecule has 4 nitrogen and oxygen atoms in total. The van der Waals surface area contributed by atoms with Crippen LogP contribution in [0.4, 0.5) is 0 Å². The van der Waals surface area contributed by atoms with Crippen molar-refractivity contribution in [3.8, 4) is 0 Å². The van der Waals surface area contributed by atoms with Crippen molar-refractivity contribution in [2.75, 3.05) is 6.61 Å². The molecule has 0 aromatic carbocycles. The lowest BCUT2D eigenvalue weighted by Crippen LogP contribution is -2.30. The van der Waals surface area contributed by atoms with Gasteiger partial charge in [0.05, 0.1) is 18.4 Å². The Morgan fingerprint density at radius 1 is 1.67 bits per heavy atom. The fraction of sp³-hybridized carbons (Fsp3) is 0.455. The first-order chi connectivity index (χ1) is 7.24. The van der Waals surface area contributed by atoms with E-state index in [0.717, 1.165) is 11.2 Å². The van der Waals surface area contributed by atoms with Crippen LogP contribution in [0.5, 0.6) is 0 Å². The highest BCUT2D eigenvalue weighted by Gasteiger charge is 2.49. The number of nitrogens with zero attached hydrogens (tertiary/aromatic N) is 1. The zero-order valence-corrected chi connectivity index (χ0v) is 8.55. The van der Waals surface area contributed by atoms with E-state index in [4.69, 9.17) is 4.74 Å². The molecule has 1 heterocycles. The maximum Gasteiger partial charge on any atom is 0.309 e. The average molecular weight is 207 g/mol. The highest BCUT2D eigenvalue weighted by molar-refractivity contribution is 5.77. The molecule has 80 valence electrons. The van der Waals surface area contributed by atoms with E-state index in [1.807, 2.05) is 6.07 Å². The van der Waals surface area contributed by atoms with Crippen LogP contribution in [-0.4, -0.2) is 12.6 Å². The minimum absolute atomic E-state index is 0.0442. The lowest BCUT2D eigenvalue weighted by molar-refractivity contribution is -0.614. The topological polar surface area (TPSA) is 53.2 Å². The molecule has 1 aliphatic carbocycles. The highest BCUT2D eigenvalue weighted by Crippen LogP contribution is 2.46. The SMILES string of the molecule is CCOC(=O)[C@@H]1C[C@@H]1c1cccc[n+]1[O-]. The molecule has 2 rings (SSSR count). The molecule has 0 aliphatic heterocycles. The minimum Gasteiger partial charge on any atom is -0.618 e. The first kappa shape index (κ1) is 9.96. The Kier molecular flexibility index (Phi) is 2.58.